The Hall–Kier alpha value is -3.91. The van der Waals surface area contributed by atoms with E-state index in [4.69, 9.17) is 14.2 Å². The Labute approximate surface area is 193 Å². The van der Waals surface area contributed by atoms with Crippen LogP contribution in [0.15, 0.2) is 65.5 Å². The fourth-order valence-electron chi connectivity index (χ4n) is 3.50. The van der Waals surface area contributed by atoms with Crippen LogP contribution in [-0.2, 0) is 0 Å². The topological polar surface area (TPSA) is 73.9 Å². The van der Waals surface area contributed by atoms with Crippen LogP contribution < -0.4 is 25.0 Å². The molecule has 0 bridgehead atoms. The molecule has 4 aromatic rings. The minimum atomic E-state index is -0.469. The molecule has 0 spiro atoms. The summed E-state index contributed by atoms with van der Waals surface area (Å²) in [6, 6.07) is 15.8. The molecular weight excluding hydrogens is 445 g/mol. The van der Waals surface area contributed by atoms with Gasteiger partial charge < -0.3 is 19.5 Å². The second kappa shape index (κ2) is 9.30. The highest BCUT2D eigenvalue weighted by Crippen LogP contribution is 2.39. The molecule has 1 N–H and O–H groups in total. The van der Waals surface area contributed by atoms with E-state index in [0.717, 1.165) is 0 Å². The number of carbonyl (C=O) groups excluding carboxylic acids is 1. The van der Waals surface area contributed by atoms with Gasteiger partial charge in [-0.3, -0.25) is 9.59 Å². The zero-order chi connectivity index (χ0) is 23.5. The van der Waals surface area contributed by atoms with Gasteiger partial charge in [0.05, 0.1) is 26.9 Å². The molecule has 0 saturated heterocycles. The van der Waals surface area contributed by atoms with Gasteiger partial charge in [0.1, 0.15) is 10.8 Å². The number of anilines is 1. The molecule has 0 radical (unpaired) electrons. The number of fused-ring (bicyclic) bond motifs is 1. The summed E-state index contributed by atoms with van der Waals surface area (Å²) in [5.74, 6) is 0.126. The van der Waals surface area contributed by atoms with Crippen LogP contribution in [0.1, 0.15) is 10.4 Å². The van der Waals surface area contributed by atoms with Gasteiger partial charge in [-0.25, -0.2) is 4.39 Å². The van der Waals surface area contributed by atoms with Crippen molar-refractivity contribution >= 4 is 32.3 Å². The minimum absolute atomic E-state index is 0.252. The predicted molar refractivity (Wildman–Crippen MR) is 128 cm³/mol. The SMILES string of the molecule is COc1cc(C(=O)Nc2sc3ccccc3c(=O)c2-c2ccc(F)cc2)cc(OC)c1OC. The van der Waals surface area contributed by atoms with Crippen LogP contribution in [-0.4, -0.2) is 27.2 Å². The molecule has 0 atom stereocenters. The van der Waals surface area contributed by atoms with Crippen LogP contribution in [0.3, 0.4) is 0 Å². The van der Waals surface area contributed by atoms with E-state index in [0.29, 0.717) is 43.5 Å². The quantitative estimate of drug-likeness (QED) is 0.416. The number of hydrogen-bond acceptors (Lipinski definition) is 6. The third-order valence-electron chi connectivity index (χ3n) is 5.08. The van der Waals surface area contributed by atoms with E-state index in [1.54, 1.807) is 12.1 Å². The lowest BCUT2D eigenvalue weighted by atomic mass is 10.1. The van der Waals surface area contributed by atoms with Gasteiger partial charge in [0, 0.05) is 15.6 Å². The molecule has 0 aliphatic rings. The first-order valence-corrected chi connectivity index (χ1v) is 10.7. The van der Waals surface area contributed by atoms with Crippen molar-refractivity contribution in [2.24, 2.45) is 0 Å². The summed E-state index contributed by atoms with van der Waals surface area (Å²) in [5.41, 5.74) is 0.793. The van der Waals surface area contributed by atoms with Crippen LogP contribution in [0.25, 0.3) is 21.2 Å². The van der Waals surface area contributed by atoms with Gasteiger partial charge in [0.15, 0.2) is 16.9 Å². The second-order valence-corrected chi connectivity index (χ2v) is 8.06. The van der Waals surface area contributed by atoms with Crippen LogP contribution in [0, 0.1) is 5.82 Å². The fraction of sp³-hybridized carbons (Fsp3) is 0.120. The van der Waals surface area contributed by atoms with Gasteiger partial charge >= 0.3 is 0 Å². The summed E-state index contributed by atoms with van der Waals surface area (Å²) in [7, 11) is 4.39. The Morgan fingerprint density at radius 1 is 0.909 bits per heavy atom. The van der Waals surface area contributed by atoms with Gasteiger partial charge in [0.2, 0.25) is 5.75 Å². The Balaban J connectivity index is 1.85. The highest BCUT2D eigenvalue weighted by molar-refractivity contribution is 7.22. The molecule has 1 aromatic heterocycles. The van der Waals surface area contributed by atoms with E-state index < -0.39 is 11.7 Å². The highest BCUT2D eigenvalue weighted by atomic mass is 32.1. The average molecular weight is 466 g/mol. The van der Waals surface area contributed by atoms with Crippen molar-refractivity contribution in [3.8, 4) is 28.4 Å². The number of ether oxygens (including phenoxy) is 3. The van der Waals surface area contributed by atoms with Gasteiger partial charge in [0.25, 0.3) is 5.91 Å². The van der Waals surface area contributed by atoms with Crippen molar-refractivity contribution in [3.05, 3.63) is 82.3 Å². The second-order valence-electron chi connectivity index (χ2n) is 7.01. The Morgan fingerprint density at radius 3 is 2.15 bits per heavy atom. The lowest BCUT2D eigenvalue weighted by molar-refractivity contribution is 0.102. The smallest absolute Gasteiger partial charge is 0.256 e. The fourth-order valence-corrected chi connectivity index (χ4v) is 4.59. The first-order chi connectivity index (χ1) is 16.0. The Morgan fingerprint density at radius 2 is 1.55 bits per heavy atom. The van der Waals surface area contributed by atoms with Crippen molar-refractivity contribution in [2.45, 2.75) is 0 Å². The number of amides is 1. The molecule has 1 heterocycles. The normalized spacial score (nSPS) is 10.7. The summed E-state index contributed by atoms with van der Waals surface area (Å²) in [4.78, 5) is 26.6. The van der Waals surface area contributed by atoms with Crippen LogP contribution in [0.4, 0.5) is 9.39 Å². The largest absolute Gasteiger partial charge is 0.493 e. The predicted octanol–water partition coefficient (Wildman–Crippen LogP) is 5.35. The Bertz CT molecular complexity index is 1370. The number of hydrogen-bond donors (Lipinski definition) is 1. The van der Waals surface area contributed by atoms with Gasteiger partial charge in [-0.15, -0.1) is 11.3 Å². The highest BCUT2D eigenvalue weighted by Gasteiger charge is 2.20. The molecular formula is C25H20FNO5S. The molecule has 8 heteroatoms. The number of halogens is 1. The molecule has 0 fully saturated rings. The standard InChI is InChI=1S/C25H20FNO5S/c1-30-18-12-15(13-19(31-2)23(18)32-3)24(29)27-25-21(14-8-10-16(26)11-9-14)22(28)17-6-4-5-7-20(17)33-25/h4-13H,1-3H3,(H,27,29). The zero-order valence-electron chi connectivity index (χ0n) is 18.1. The van der Waals surface area contributed by atoms with E-state index in [1.807, 2.05) is 12.1 Å². The van der Waals surface area contributed by atoms with E-state index in [1.165, 1.54) is 69.1 Å². The molecule has 0 aliphatic heterocycles. The number of carbonyl (C=O) groups is 1. The van der Waals surface area contributed by atoms with Crippen LogP contribution in [0.2, 0.25) is 0 Å². The molecule has 33 heavy (non-hydrogen) atoms. The monoisotopic (exact) mass is 465 g/mol. The van der Waals surface area contributed by atoms with Crippen LogP contribution >= 0.6 is 11.3 Å². The summed E-state index contributed by atoms with van der Waals surface area (Å²) in [6.07, 6.45) is 0. The maximum Gasteiger partial charge on any atom is 0.256 e. The Kier molecular flexibility index (Phi) is 6.28. The maximum absolute atomic E-state index is 13.5. The van der Waals surface area contributed by atoms with E-state index in [2.05, 4.69) is 5.32 Å². The van der Waals surface area contributed by atoms with Crippen molar-refractivity contribution < 1.29 is 23.4 Å². The summed E-state index contributed by atoms with van der Waals surface area (Å²) in [6.45, 7) is 0. The van der Waals surface area contributed by atoms with Crippen LogP contribution in [0.5, 0.6) is 17.2 Å². The zero-order valence-corrected chi connectivity index (χ0v) is 18.9. The first kappa shape index (κ1) is 22.3. The molecule has 1 amide bonds. The third-order valence-corrected chi connectivity index (χ3v) is 6.17. The van der Waals surface area contributed by atoms with Gasteiger partial charge in [-0.1, -0.05) is 24.3 Å². The molecule has 0 unspecified atom stereocenters. The summed E-state index contributed by atoms with van der Waals surface area (Å²) < 4.78 is 30.2. The van der Waals surface area contributed by atoms with Crippen molar-refractivity contribution in [1.82, 2.24) is 0 Å². The number of methoxy groups -OCH3 is 3. The van der Waals surface area contributed by atoms with Gasteiger partial charge in [-0.2, -0.15) is 0 Å². The number of nitrogens with one attached hydrogen (secondary N) is 1. The molecule has 0 aliphatic carbocycles. The number of benzene rings is 3. The van der Waals surface area contributed by atoms with Crippen molar-refractivity contribution in [1.29, 1.82) is 0 Å². The van der Waals surface area contributed by atoms with E-state index in [9.17, 15) is 14.0 Å². The molecule has 0 saturated carbocycles. The van der Waals surface area contributed by atoms with E-state index in [-0.39, 0.29) is 11.0 Å². The molecule has 168 valence electrons. The molecule has 3 aromatic carbocycles. The first-order valence-electron chi connectivity index (χ1n) is 9.90. The third kappa shape index (κ3) is 4.25. The minimum Gasteiger partial charge on any atom is -0.493 e. The average Bonchev–Trinajstić information content (AvgIpc) is 2.84. The molecule has 6 nitrogen and oxygen atoms in total. The lowest BCUT2D eigenvalue weighted by Gasteiger charge is -2.15. The maximum atomic E-state index is 13.5. The summed E-state index contributed by atoms with van der Waals surface area (Å²) in [5, 5.41) is 3.72. The number of rotatable bonds is 6. The van der Waals surface area contributed by atoms with Gasteiger partial charge in [-0.05, 0) is 42.0 Å². The molecule has 4 rings (SSSR count). The lowest BCUT2D eigenvalue weighted by Crippen LogP contribution is -2.16. The summed E-state index contributed by atoms with van der Waals surface area (Å²) >= 11 is 1.26. The van der Waals surface area contributed by atoms with E-state index >= 15 is 0 Å². The van der Waals surface area contributed by atoms with Crippen molar-refractivity contribution in [3.63, 3.8) is 0 Å². The van der Waals surface area contributed by atoms with Crippen molar-refractivity contribution in [2.75, 3.05) is 26.6 Å².